The van der Waals surface area contributed by atoms with Crippen LogP contribution in [0.5, 0.6) is 0 Å². The van der Waals surface area contributed by atoms with Crippen molar-refractivity contribution in [1.29, 1.82) is 0 Å². The summed E-state index contributed by atoms with van der Waals surface area (Å²) in [5, 5.41) is 3.21. The second-order valence-electron chi connectivity index (χ2n) is 18.4. The van der Waals surface area contributed by atoms with E-state index < -0.39 is 16.7 Å². The first kappa shape index (κ1) is 33.2. The number of fused-ring (bicyclic) bond motifs is 7. The van der Waals surface area contributed by atoms with E-state index in [1.807, 2.05) is 0 Å². The molecule has 45 heavy (non-hydrogen) atoms. The molecule has 1 aliphatic heterocycles. The molecule has 0 bridgehead atoms. The Hall–Kier alpha value is -1.69. The smallest absolute Gasteiger partial charge is 0.312 e. The van der Waals surface area contributed by atoms with Crippen LogP contribution < -0.4 is 5.32 Å². The maximum atomic E-state index is 14.1. The van der Waals surface area contributed by atoms with Crippen molar-refractivity contribution >= 4 is 17.7 Å². The van der Waals surface area contributed by atoms with Crippen molar-refractivity contribution in [3.63, 3.8) is 0 Å². The largest absolute Gasteiger partial charge is 0.469 e. The van der Waals surface area contributed by atoms with Gasteiger partial charge in [-0.2, -0.15) is 0 Å². The number of hydrogen-bond acceptors (Lipinski definition) is 5. The molecule has 6 aliphatic rings. The number of allylic oxidation sites excluding steroid dienone is 2. The quantitative estimate of drug-likeness (QED) is 0.145. The summed E-state index contributed by atoms with van der Waals surface area (Å²) in [6.07, 6.45) is 14.7. The van der Waals surface area contributed by atoms with Gasteiger partial charge in [0.25, 0.3) is 0 Å². The SMILES string of the molecule is COC(=O)[C@]12CCC(C)(C)CC1C1=CCC3[C@@]4(C)CC(C(=O)NCCCN5CCCC5)C(=O)C(C)(C)C4CC[C@@]3(C)[C@]1(C)CC2. The monoisotopic (exact) mass is 622 g/mol. The number of carbonyl (C=O) groups excluding carboxylic acids is 3. The number of methoxy groups -OCH3 is 1. The Morgan fingerprint density at radius 2 is 1.62 bits per heavy atom. The third-order valence-electron chi connectivity index (χ3n) is 15.4. The molecule has 6 rings (SSSR count). The zero-order chi connectivity index (χ0) is 32.6. The third kappa shape index (κ3) is 4.91. The van der Waals surface area contributed by atoms with Crippen LogP contribution in [-0.4, -0.2) is 55.8 Å². The Morgan fingerprint density at radius 3 is 2.31 bits per heavy atom. The lowest BCUT2D eigenvalue weighted by atomic mass is 9.33. The van der Waals surface area contributed by atoms with Gasteiger partial charge in [-0.15, -0.1) is 0 Å². The summed E-state index contributed by atoms with van der Waals surface area (Å²) in [7, 11) is 1.57. The summed E-state index contributed by atoms with van der Waals surface area (Å²) >= 11 is 0. The fourth-order valence-electron chi connectivity index (χ4n) is 12.7. The molecule has 252 valence electrons. The Balaban J connectivity index is 1.29. The number of nitrogens with zero attached hydrogens (tertiary/aromatic N) is 1. The van der Waals surface area contributed by atoms with E-state index in [1.165, 1.54) is 31.5 Å². The van der Waals surface area contributed by atoms with Crippen molar-refractivity contribution in [2.75, 3.05) is 33.3 Å². The van der Waals surface area contributed by atoms with Crippen LogP contribution in [0.1, 0.15) is 126 Å². The van der Waals surface area contributed by atoms with Gasteiger partial charge < -0.3 is 15.0 Å². The molecule has 4 saturated carbocycles. The summed E-state index contributed by atoms with van der Waals surface area (Å²) in [4.78, 5) is 43.9. The molecule has 0 aromatic heterocycles. The number of ether oxygens (including phenoxy) is 1. The minimum absolute atomic E-state index is 0.00396. The number of amides is 1. The molecule has 1 amide bonds. The number of esters is 1. The Labute approximate surface area is 273 Å². The Morgan fingerprint density at radius 1 is 0.933 bits per heavy atom. The van der Waals surface area contributed by atoms with Crippen LogP contribution in [0, 0.1) is 56.2 Å². The number of hydrogen-bond donors (Lipinski definition) is 1. The molecule has 1 N–H and O–H groups in total. The van der Waals surface area contributed by atoms with Crippen molar-refractivity contribution in [3.05, 3.63) is 11.6 Å². The van der Waals surface area contributed by atoms with Crippen molar-refractivity contribution in [3.8, 4) is 0 Å². The number of Topliss-reactive ketones (excluding diaryl/α,β-unsaturated/α-hetero) is 1. The van der Waals surface area contributed by atoms with Crippen LogP contribution in [0.3, 0.4) is 0 Å². The third-order valence-corrected chi connectivity index (χ3v) is 15.4. The van der Waals surface area contributed by atoms with Crippen LogP contribution in [-0.2, 0) is 19.1 Å². The fourth-order valence-corrected chi connectivity index (χ4v) is 12.7. The van der Waals surface area contributed by atoms with Gasteiger partial charge in [-0.25, -0.2) is 0 Å². The zero-order valence-corrected chi connectivity index (χ0v) is 29.8. The molecule has 4 unspecified atom stereocenters. The van der Waals surface area contributed by atoms with Gasteiger partial charge in [-0.05, 0) is 136 Å². The normalized spacial score (nSPS) is 43.6. The first-order chi connectivity index (χ1) is 21.1. The molecule has 5 fully saturated rings. The minimum Gasteiger partial charge on any atom is -0.469 e. The molecule has 0 radical (unpaired) electrons. The number of carbonyl (C=O) groups is 3. The highest BCUT2D eigenvalue weighted by Gasteiger charge is 2.70. The molecular formula is C39H62N2O4. The van der Waals surface area contributed by atoms with Crippen LogP contribution in [0.25, 0.3) is 0 Å². The predicted octanol–water partition coefficient (Wildman–Crippen LogP) is 7.36. The van der Waals surface area contributed by atoms with Crippen molar-refractivity contribution in [2.45, 2.75) is 126 Å². The van der Waals surface area contributed by atoms with E-state index in [9.17, 15) is 14.4 Å². The van der Waals surface area contributed by atoms with E-state index in [-0.39, 0.29) is 51.2 Å². The van der Waals surface area contributed by atoms with Crippen LogP contribution in [0.4, 0.5) is 0 Å². The molecule has 1 saturated heterocycles. The predicted molar refractivity (Wildman–Crippen MR) is 178 cm³/mol. The second kappa shape index (κ2) is 11.2. The van der Waals surface area contributed by atoms with Crippen molar-refractivity contribution in [2.24, 2.45) is 56.2 Å². The van der Waals surface area contributed by atoms with Gasteiger partial charge in [-0.3, -0.25) is 14.4 Å². The number of ketones is 1. The van der Waals surface area contributed by atoms with Crippen molar-refractivity contribution < 1.29 is 19.1 Å². The van der Waals surface area contributed by atoms with E-state index in [0.29, 0.717) is 18.9 Å². The molecule has 6 heteroatoms. The highest BCUT2D eigenvalue weighted by atomic mass is 16.5. The maximum Gasteiger partial charge on any atom is 0.312 e. The van der Waals surface area contributed by atoms with Gasteiger partial charge in [0.1, 0.15) is 0 Å². The topological polar surface area (TPSA) is 75.7 Å². The molecule has 0 aromatic rings. The molecular weight excluding hydrogens is 560 g/mol. The van der Waals surface area contributed by atoms with Gasteiger partial charge in [0.05, 0.1) is 18.4 Å². The van der Waals surface area contributed by atoms with Gasteiger partial charge in [-0.1, -0.05) is 60.1 Å². The lowest BCUT2D eigenvalue weighted by Gasteiger charge is -2.71. The first-order valence-electron chi connectivity index (χ1n) is 18.4. The van der Waals surface area contributed by atoms with Crippen LogP contribution in [0.2, 0.25) is 0 Å². The number of nitrogens with one attached hydrogen (secondary N) is 1. The number of likely N-dealkylation sites (tertiary alicyclic amines) is 1. The molecule has 5 aliphatic carbocycles. The summed E-state index contributed by atoms with van der Waals surface area (Å²) in [5.41, 5.74) is 0.693. The second-order valence-corrected chi connectivity index (χ2v) is 18.4. The minimum atomic E-state index is -0.578. The van der Waals surface area contributed by atoms with E-state index >= 15 is 0 Å². The molecule has 8 atom stereocenters. The lowest BCUT2D eigenvalue weighted by molar-refractivity contribution is -0.196. The van der Waals surface area contributed by atoms with Crippen LogP contribution in [0.15, 0.2) is 11.6 Å². The molecule has 0 aromatic carbocycles. The average Bonchev–Trinajstić information content (AvgIpc) is 3.50. The molecule has 6 nitrogen and oxygen atoms in total. The highest BCUT2D eigenvalue weighted by molar-refractivity contribution is 6.04. The van der Waals surface area contributed by atoms with E-state index in [0.717, 1.165) is 64.3 Å². The van der Waals surface area contributed by atoms with Crippen LogP contribution >= 0.6 is 0 Å². The van der Waals surface area contributed by atoms with Crippen molar-refractivity contribution in [1.82, 2.24) is 10.2 Å². The van der Waals surface area contributed by atoms with Gasteiger partial charge in [0, 0.05) is 12.0 Å². The number of rotatable bonds is 6. The summed E-state index contributed by atoms with van der Waals surface area (Å²) in [6.45, 7) is 20.5. The molecule has 0 spiro atoms. The lowest BCUT2D eigenvalue weighted by Crippen LogP contribution is -2.66. The van der Waals surface area contributed by atoms with Gasteiger partial charge in [0.2, 0.25) is 5.91 Å². The van der Waals surface area contributed by atoms with Gasteiger partial charge >= 0.3 is 5.97 Å². The zero-order valence-electron chi connectivity index (χ0n) is 29.8. The Bertz CT molecular complexity index is 1250. The highest BCUT2D eigenvalue weighted by Crippen LogP contribution is 2.75. The van der Waals surface area contributed by atoms with Gasteiger partial charge in [0.15, 0.2) is 5.78 Å². The first-order valence-corrected chi connectivity index (χ1v) is 18.4. The summed E-state index contributed by atoms with van der Waals surface area (Å²) in [6, 6.07) is 0. The standard InChI is InChI=1S/C39H62N2O4/c1-34(2)16-18-39(33(44)45-8)19-17-37(6)27(28(39)25-34)12-13-30-36(5)24-26(32(43)40-20-11-23-41-21-9-10-22-41)31(42)35(3,4)29(36)14-15-38(30,37)7/h12,26,28-30H,9-11,13-25H2,1-8H3,(H,40,43)/t26?,28?,29?,30?,36-,37+,38+,39-/m0/s1. The van der Waals surface area contributed by atoms with E-state index in [4.69, 9.17) is 4.74 Å². The Kier molecular flexibility index (Phi) is 8.26. The maximum absolute atomic E-state index is 14.1. The van der Waals surface area contributed by atoms with E-state index in [1.54, 1.807) is 7.11 Å². The molecule has 1 heterocycles. The summed E-state index contributed by atoms with van der Waals surface area (Å²) in [5.74, 6) is 0.386. The summed E-state index contributed by atoms with van der Waals surface area (Å²) < 4.78 is 5.54. The fraction of sp³-hybridized carbons (Fsp3) is 0.872. The average molecular weight is 623 g/mol. The van der Waals surface area contributed by atoms with E-state index in [2.05, 4.69) is 64.8 Å².